The van der Waals surface area contributed by atoms with Crippen LogP contribution in [0.3, 0.4) is 0 Å². The summed E-state index contributed by atoms with van der Waals surface area (Å²) in [6.07, 6.45) is 25.3. The Hall–Kier alpha value is -5.61. The lowest BCUT2D eigenvalue weighted by molar-refractivity contribution is -0.155. The van der Waals surface area contributed by atoms with Crippen molar-refractivity contribution in [3.05, 3.63) is 118 Å². The van der Waals surface area contributed by atoms with Gasteiger partial charge in [0.2, 0.25) is 5.78 Å². The number of carbonyl (C=O) groups excluding carboxylic acids is 5. The Morgan fingerprint density at radius 3 is 1.55 bits per heavy atom. The van der Waals surface area contributed by atoms with Crippen molar-refractivity contribution < 1.29 is 38.3 Å². The third-order valence-corrected chi connectivity index (χ3v) is 15.5. The molecule has 0 amide bonds. The van der Waals surface area contributed by atoms with Crippen LogP contribution in [0.15, 0.2) is 90.1 Å². The number of rotatable bonds is 33. The molecule has 0 aliphatic rings. The van der Waals surface area contributed by atoms with Crippen LogP contribution in [0.1, 0.15) is 242 Å². The lowest BCUT2D eigenvalue weighted by atomic mass is 9.91. The minimum absolute atomic E-state index is 0.0408. The number of benzene rings is 4. The number of hydrogen-bond donors (Lipinski definition) is 0. The number of ether oxygens (including phenoxy) is 2. The molecule has 5 rings (SSSR count). The monoisotopic (exact) mass is 1120 g/mol. The molecule has 4 aromatic carbocycles. The highest BCUT2D eigenvalue weighted by Gasteiger charge is 2.28. The van der Waals surface area contributed by atoms with Gasteiger partial charge in [0, 0.05) is 63.4 Å². The molecule has 0 fully saturated rings. The SMILES string of the molecule is CCC(C)(C)C(=O)OCCC(C)C.CCCCCCCCCCCCCCCCCCOC(=O)C(C)(C)CC.CCn1c2ccc(C(=O)/C(CCc3ccc(Cl)cc3)=N\OC(C)=O)cc2c2cc(C(=O)c3ccccc3C)ccc21. The van der Waals surface area contributed by atoms with Crippen LogP contribution in [-0.2, 0) is 41.7 Å². The van der Waals surface area contributed by atoms with Gasteiger partial charge in [0.15, 0.2) is 5.78 Å². The van der Waals surface area contributed by atoms with E-state index >= 15 is 0 Å². The number of nitrogens with zero attached hydrogens (tertiary/aromatic N) is 2. The molecule has 0 N–H and O–H groups in total. The van der Waals surface area contributed by atoms with Gasteiger partial charge in [-0.05, 0) is 139 Å². The van der Waals surface area contributed by atoms with Gasteiger partial charge < -0.3 is 18.9 Å². The van der Waals surface area contributed by atoms with Crippen molar-refractivity contribution in [3.8, 4) is 0 Å². The first kappa shape index (κ1) is 68.7. The molecule has 10 nitrogen and oxygen atoms in total. The average molecular weight is 1120 g/mol. The lowest BCUT2D eigenvalue weighted by Crippen LogP contribution is -2.26. The zero-order valence-electron chi connectivity index (χ0n) is 51.2. The molecular weight excluding hydrogens is 1020 g/mol. The third-order valence-electron chi connectivity index (χ3n) is 15.2. The van der Waals surface area contributed by atoms with Crippen molar-refractivity contribution in [2.24, 2.45) is 21.9 Å². The van der Waals surface area contributed by atoms with Gasteiger partial charge in [-0.25, -0.2) is 4.79 Å². The highest BCUT2D eigenvalue weighted by Crippen LogP contribution is 2.32. The predicted molar refractivity (Wildman–Crippen MR) is 332 cm³/mol. The van der Waals surface area contributed by atoms with E-state index in [9.17, 15) is 24.0 Å². The maximum atomic E-state index is 13.7. The van der Waals surface area contributed by atoms with E-state index < -0.39 is 5.97 Å². The molecule has 0 saturated heterocycles. The number of unbranched alkanes of at least 4 members (excludes halogenated alkanes) is 15. The molecule has 0 radical (unpaired) electrons. The van der Waals surface area contributed by atoms with Crippen LogP contribution >= 0.6 is 11.6 Å². The second kappa shape index (κ2) is 36.7. The molecule has 0 saturated carbocycles. The summed E-state index contributed by atoms with van der Waals surface area (Å²) >= 11 is 6.00. The molecule has 0 unspecified atom stereocenters. The summed E-state index contributed by atoms with van der Waals surface area (Å²) in [5.74, 6) is -0.498. The zero-order valence-corrected chi connectivity index (χ0v) is 51.9. The molecule has 80 heavy (non-hydrogen) atoms. The van der Waals surface area contributed by atoms with E-state index in [2.05, 4.69) is 37.4 Å². The number of aromatic nitrogens is 1. The molecule has 1 aromatic heterocycles. The summed E-state index contributed by atoms with van der Waals surface area (Å²) in [5.41, 5.74) is 4.99. The summed E-state index contributed by atoms with van der Waals surface area (Å²) in [5, 5.41) is 6.29. The van der Waals surface area contributed by atoms with Gasteiger partial charge >= 0.3 is 17.9 Å². The lowest BCUT2D eigenvalue weighted by Gasteiger charge is -2.20. The Morgan fingerprint density at radius 1 is 0.600 bits per heavy atom. The second-order valence-electron chi connectivity index (χ2n) is 23.2. The average Bonchev–Trinajstić information content (AvgIpc) is 3.77. The molecule has 11 heteroatoms. The van der Waals surface area contributed by atoms with Gasteiger partial charge in [0.25, 0.3) is 0 Å². The van der Waals surface area contributed by atoms with Crippen LogP contribution in [-0.4, -0.2) is 53.0 Å². The number of oxime groups is 1. The number of carbonyl (C=O) groups is 5. The fourth-order valence-corrected chi connectivity index (χ4v) is 9.12. The van der Waals surface area contributed by atoms with E-state index in [1.165, 1.54) is 103 Å². The van der Waals surface area contributed by atoms with Crippen molar-refractivity contribution >= 4 is 68.6 Å². The second-order valence-corrected chi connectivity index (χ2v) is 23.6. The van der Waals surface area contributed by atoms with Gasteiger partial charge in [-0.3, -0.25) is 19.2 Å². The molecule has 1 heterocycles. The number of hydrogen-bond acceptors (Lipinski definition) is 9. The van der Waals surface area contributed by atoms with Crippen molar-refractivity contribution in [3.63, 3.8) is 0 Å². The molecule has 0 spiro atoms. The predicted octanol–water partition coefficient (Wildman–Crippen LogP) is 19.0. The summed E-state index contributed by atoms with van der Waals surface area (Å²) in [6.45, 7) is 25.4. The maximum absolute atomic E-state index is 13.7. The normalized spacial score (nSPS) is 11.7. The molecule has 440 valence electrons. The van der Waals surface area contributed by atoms with Gasteiger partial charge in [-0.1, -0.05) is 184 Å². The molecule has 0 aliphatic heterocycles. The highest BCUT2D eigenvalue weighted by molar-refractivity contribution is 6.46. The Morgan fingerprint density at radius 2 is 1.07 bits per heavy atom. The number of ketones is 2. The fourth-order valence-electron chi connectivity index (χ4n) is 8.99. The van der Waals surface area contributed by atoms with Crippen LogP contribution < -0.4 is 0 Å². The van der Waals surface area contributed by atoms with Crippen LogP contribution in [0.2, 0.25) is 5.02 Å². The highest BCUT2D eigenvalue weighted by atomic mass is 35.5. The Kier molecular flexibility index (Phi) is 31.5. The minimum atomic E-state index is -0.603. The number of halogens is 1. The number of Topliss-reactive ketones (excluding diaryl/α,β-unsaturated/α-hetero) is 1. The first-order chi connectivity index (χ1) is 38.2. The summed E-state index contributed by atoms with van der Waals surface area (Å²) < 4.78 is 12.7. The molecule has 0 atom stereocenters. The van der Waals surface area contributed by atoms with Gasteiger partial charge in [0.1, 0.15) is 5.71 Å². The van der Waals surface area contributed by atoms with Crippen LogP contribution in [0, 0.1) is 23.7 Å². The standard InChI is InChI=1S/C34H29ClN2O4.C24H48O2.C11H22O2/c1-4-37-31-17-12-24(33(39)27-8-6-5-7-21(27)2)19-28(31)29-20-25(13-18-32(29)37)34(40)30(36-41-22(3)38)16-11-23-9-14-26(35)15-10-23;1-5-7-8-9-10-11-12-13-14-15-16-17-18-19-20-21-22-26-23(25)24(3,4)6-2;1-6-11(4,5)10(12)13-8-7-9(2)3/h5-10,12-15,17-20H,4,11,16H2,1-3H3;5-22H2,1-4H3;9H,6-8H2,1-5H3/b36-30-;;. The minimum Gasteiger partial charge on any atom is -0.465 e. The van der Waals surface area contributed by atoms with E-state index in [-0.39, 0.29) is 46.5 Å². The maximum Gasteiger partial charge on any atom is 0.331 e. The summed E-state index contributed by atoms with van der Waals surface area (Å²) in [7, 11) is 0. The quantitative estimate of drug-likeness (QED) is 0.0101. The van der Waals surface area contributed by atoms with E-state index in [4.69, 9.17) is 25.9 Å². The largest absolute Gasteiger partial charge is 0.465 e. The number of esters is 2. The van der Waals surface area contributed by atoms with Crippen LogP contribution in [0.4, 0.5) is 0 Å². The van der Waals surface area contributed by atoms with Crippen molar-refractivity contribution in [1.29, 1.82) is 0 Å². The van der Waals surface area contributed by atoms with Crippen LogP contribution in [0.5, 0.6) is 0 Å². The van der Waals surface area contributed by atoms with Crippen molar-refractivity contribution in [1.82, 2.24) is 4.57 Å². The Labute approximate surface area is 486 Å². The van der Waals surface area contributed by atoms with E-state index in [0.717, 1.165) is 65.2 Å². The van der Waals surface area contributed by atoms with Crippen molar-refractivity contribution in [2.45, 2.75) is 224 Å². The number of aryl methyl sites for hydroxylation is 3. The van der Waals surface area contributed by atoms with E-state index in [1.54, 1.807) is 18.2 Å². The number of fused-ring (bicyclic) bond motifs is 3. The smallest absolute Gasteiger partial charge is 0.331 e. The van der Waals surface area contributed by atoms with Crippen LogP contribution in [0.25, 0.3) is 21.8 Å². The van der Waals surface area contributed by atoms with Gasteiger partial charge in [-0.15, -0.1) is 0 Å². The molecular formula is C69H99ClN2O8. The van der Waals surface area contributed by atoms with Gasteiger partial charge in [0.05, 0.1) is 24.0 Å². The molecule has 0 aliphatic carbocycles. The fraction of sp³-hybridized carbons (Fsp3) is 0.565. The topological polar surface area (TPSA) is 130 Å². The summed E-state index contributed by atoms with van der Waals surface area (Å²) in [4.78, 5) is 66.8. The molecule has 0 bridgehead atoms. The summed E-state index contributed by atoms with van der Waals surface area (Å²) in [6, 6.07) is 26.1. The van der Waals surface area contributed by atoms with Gasteiger partial charge in [-0.2, -0.15) is 0 Å². The third kappa shape index (κ3) is 23.8. The Balaban J connectivity index is 0.000000368. The first-order valence-corrected chi connectivity index (χ1v) is 30.6. The first-order valence-electron chi connectivity index (χ1n) is 30.2. The molecule has 5 aromatic rings. The van der Waals surface area contributed by atoms with Crippen molar-refractivity contribution in [2.75, 3.05) is 13.2 Å². The zero-order chi connectivity index (χ0) is 59.1. The Bertz CT molecular complexity index is 2710. The van der Waals surface area contributed by atoms with E-state index in [0.29, 0.717) is 47.3 Å². The van der Waals surface area contributed by atoms with E-state index in [1.807, 2.05) is 115 Å².